The number of carbonyl (C=O) groups excluding carboxylic acids is 1. The van der Waals surface area contributed by atoms with Crippen LogP contribution < -0.4 is 5.32 Å². The quantitative estimate of drug-likeness (QED) is 0.272. The average molecular weight is 465 g/mol. The van der Waals surface area contributed by atoms with Crippen LogP contribution in [-0.4, -0.2) is 27.4 Å². The number of aromatic nitrogens is 2. The molecule has 1 aliphatic heterocycles. The van der Waals surface area contributed by atoms with Gasteiger partial charge < -0.3 is 14.8 Å². The topological polar surface area (TPSA) is 50.2 Å². The second kappa shape index (κ2) is 12.9. The lowest BCUT2D eigenvalue weighted by atomic mass is 10.1. The summed E-state index contributed by atoms with van der Waals surface area (Å²) in [4.78, 5) is 17.6. The Morgan fingerprint density at radius 2 is 1.59 bits per heavy atom. The van der Waals surface area contributed by atoms with E-state index in [1.165, 1.54) is 56.2 Å². The molecule has 3 aromatic rings. The van der Waals surface area contributed by atoms with Crippen molar-refractivity contribution < 1.29 is 9.18 Å². The van der Waals surface area contributed by atoms with E-state index in [9.17, 15) is 9.18 Å². The van der Waals surface area contributed by atoms with Gasteiger partial charge >= 0.3 is 0 Å². The Labute approximate surface area is 203 Å². The Kier molecular flexibility index (Phi) is 9.68. The monoisotopic (exact) mass is 464 g/mol. The van der Waals surface area contributed by atoms with Gasteiger partial charge in [0.25, 0.3) is 0 Å². The molecule has 1 amide bonds. The molecule has 0 saturated carbocycles. The number of halogens is 1. The third kappa shape index (κ3) is 6.92. The lowest BCUT2D eigenvalue weighted by molar-refractivity contribution is -0.119. The summed E-state index contributed by atoms with van der Waals surface area (Å²) in [7, 11) is 0. The Morgan fingerprint density at radius 3 is 2.18 bits per heavy atom. The number of carbonyl (C=O) groups is 1. The normalized spacial score (nSPS) is 12.5. The van der Waals surface area contributed by atoms with E-state index in [1.807, 2.05) is 31.2 Å². The number of nitrogens with one attached hydrogen (secondary N) is 1. The molecule has 2 heterocycles. The van der Waals surface area contributed by atoms with Gasteiger partial charge in [-0.25, -0.2) is 9.37 Å². The van der Waals surface area contributed by atoms with Gasteiger partial charge in [0.15, 0.2) is 0 Å². The molecule has 0 atom stereocenters. The minimum Gasteiger partial charge on any atom is -0.340 e. The van der Waals surface area contributed by atoms with Gasteiger partial charge in [0.1, 0.15) is 23.2 Å². The number of unbranched alkanes of at least 4 members (excludes halogenated alkanes) is 5. The Hall–Kier alpha value is -3.15. The maximum Gasteiger partial charge on any atom is 0.210 e. The van der Waals surface area contributed by atoms with Crippen LogP contribution in [0.5, 0.6) is 0 Å². The molecule has 2 aromatic carbocycles. The predicted molar refractivity (Wildman–Crippen MR) is 138 cm³/mol. The molecule has 0 fully saturated rings. The molecule has 182 valence electrons. The number of imidazole rings is 1. The minimum absolute atomic E-state index is 0.280. The highest BCUT2D eigenvalue weighted by Gasteiger charge is 2.24. The molecule has 34 heavy (non-hydrogen) atoms. The smallest absolute Gasteiger partial charge is 0.210 e. The summed E-state index contributed by atoms with van der Waals surface area (Å²) < 4.78 is 15.4. The van der Waals surface area contributed by atoms with Crippen molar-refractivity contribution in [3.8, 4) is 11.3 Å². The first kappa shape index (κ1) is 25.5. The molecule has 4 rings (SSSR count). The highest BCUT2D eigenvalue weighted by molar-refractivity contribution is 5.76. The van der Waals surface area contributed by atoms with E-state index in [1.54, 1.807) is 17.0 Å². The van der Waals surface area contributed by atoms with Gasteiger partial charge in [0.2, 0.25) is 6.41 Å². The number of anilines is 2. The summed E-state index contributed by atoms with van der Waals surface area (Å²) in [6, 6.07) is 14.4. The first-order valence-corrected chi connectivity index (χ1v) is 12.4. The van der Waals surface area contributed by atoms with Crippen molar-refractivity contribution in [3.63, 3.8) is 0 Å². The molecule has 0 aliphatic carbocycles. The zero-order chi connectivity index (χ0) is 24.3. The van der Waals surface area contributed by atoms with Crippen LogP contribution in [0.3, 0.4) is 0 Å². The molecule has 0 saturated heterocycles. The molecule has 0 spiro atoms. The predicted octanol–water partition coefficient (Wildman–Crippen LogP) is 7.08. The van der Waals surface area contributed by atoms with Gasteiger partial charge in [-0.3, -0.25) is 4.79 Å². The van der Waals surface area contributed by atoms with Crippen LogP contribution in [0.25, 0.3) is 11.3 Å². The van der Waals surface area contributed by atoms with Crippen molar-refractivity contribution in [1.82, 2.24) is 14.5 Å². The Bertz CT molecular complexity index is 1020. The molecular formula is C28H37FN4O. The molecule has 6 heteroatoms. The van der Waals surface area contributed by atoms with E-state index >= 15 is 0 Å². The molecule has 1 aromatic heterocycles. The average Bonchev–Trinajstić information content (AvgIpc) is 3.21. The number of nitrogens with zero attached hydrogens (tertiary/aromatic N) is 3. The van der Waals surface area contributed by atoms with Gasteiger partial charge in [-0.1, -0.05) is 70.1 Å². The second-order valence-electron chi connectivity index (χ2n) is 8.86. The number of hydrogen-bond donors (Lipinski definition) is 1. The number of aryl methyl sites for hydroxylation is 1. The largest absolute Gasteiger partial charge is 0.340 e. The third-order valence-electron chi connectivity index (χ3n) is 6.04. The zero-order valence-corrected chi connectivity index (χ0v) is 20.7. The van der Waals surface area contributed by atoms with E-state index in [4.69, 9.17) is 4.98 Å². The summed E-state index contributed by atoms with van der Waals surface area (Å²) in [5.41, 5.74) is 3.74. The summed E-state index contributed by atoms with van der Waals surface area (Å²) in [5, 5.41) is 3.45. The second-order valence-corrected chi connectivity index (χ2v) is 8.86. The zero-order valence-electron chi connectivity index (χ0n) is 20.7. The summed E-state index contributed by atoms with van der Waals surface area (Å²) >= 11 is 0. The van der Waals surface area contributed by atoms with Gasteiger partial charge in [0, 0.05) is 24.3 Å². The molecular weight excluding hydrogens is 427 g/mol. The first-order chi connectivity index (χ1) is 16.5. The van der Waals surface area contributed by atoms with E-state index < -0.39 is 0 Å². The number of benzene rings is 2. The van der Waals surface area contributed by atoms with E-state index in [0.717, 1.165) is 35.0 Å². The van der Waals surface area contributed by atoms with Crippen molar-refractivity contribution >= 4 is 17.9 Å². The van der Waals surface area contributed by atoms with E-state index in [0.29, 0.717) is 19.6 Å². The highest BCUT2D eigenvalue weighted by Crippen LogP contribution is 2.33. The van der Waals surface area contributed by atoms with Crippen LogP contribution in [0.1, 0.15) is 63.8 Å². The summed E-state index contributed by atoms with van der Waals surface area (Å²) in [6.07, 6.45) is 9.34. The first-order valence-electron chi connectivity index (χ1n) is 12.4. The summed E-state index contributed by atoms with van der Waals surface area (Å²) in [6.45, 7) is 8.32. The SMILES string of the molecule is CCCCCCCC.Cc1ccc(Nc2c(-c3ccc(F)cc3)nc3n2CCN(C=O)C3)cc1. The molecule has 1 aliphatic rings. The Morgan fingerprint density at radius 1 is 0.941 bits per heavy atom. The maximum absolute atomic E-state index is 13.3. The lowest BCUT2D eigenvalue weighted by Crippen LogP contribution is -2.32. The van der Waals surface area contributed by atoms with E-state index in [-0.39, 0.29) is 5.82 Å². The lowest BCUT2D eigenvalue weighted by Gasteiger charge is -2.25. The Balaban J connectivity index is 0.000000350. The van der Waals surface area contributed by atoms with Gasteiger partial charge in [0.05, 0.1) is 6.54 Å². The number of hydrogen-bond acceptors (Lipinski definition) is 3. The van der Waals surface area contributed by atoms with Crippen LogP contribution in [0.2, 0.25) is 0 Å². The van der Waals surface area contributed by atoms with Gasteiger partial charge in [-0.05, 0) is 43.3 Å². The van der Waals surface area contributed by atoms with Crippen molar-refractivity contribution in [2.75, 3.05) is 11.9 Å². The van der Waals surface area contributed by atoms with E-state index in [2.05, 4.69) is 23.7 Å². The summed E-state index contributed by atoms with van der Waals surface area (Å²) in [5.74, 6) is 1.40. The molecule has 0 unspecified atom stereocenters. The molecule has 5 nitrogen and oxygen atoms in total. The van der Waals surface area contributed by atoms with Crippen LogP contribution in [0.15, 0.2) is 48.5 Å². The number of amides is 1. The van der Waals surface area contributed by atoms with Crippen LogP contribution >= 0.6 is 0 Å². The van der Waals surface area contributed by atoms with Crippen LogP contribution in [0.4, 0.5) is 15.9 Å². The van der Waals surface area contributed by atoms with Crippen molar-refractivity contribution in [2.45, 2.75) is 72.4 Å². The number of rotatable bonds is 9. The molecule has 1 N–H and O–H groups in total. The maximum atomic E-state index is 13.3. The van der Waals surface area contributed by atoms with Gasteiger partial charge in [-0.2, -0.15) is 0 Å². The van der Waals surface area contributed by atoms with Gasteiger partial charge in [-0.15, -0.1) is 0 Å². The third-order valence-corrected chi connectivity index (χ3v) is 6.04. The number of fused-ring (bicyclic) bond motifs is 1. The van der Waals surface area contributed by atoms with Crippen LogP contribution in [0, 0.1) is 12.7 Å². The highest BCUT2D eigenvalue weighted by atomic mass is 19.1. The van der Waals surface area contributed by atoms with Crippen molar-refractivity contribution in [3.05, 3.63) is 65.7 Å². The van der Waals surface area contributed by atoms with Crippen molar-refractivity contribution in [1.29, 1.82) is 0 Å². The minimum atomic E-state index is -0.280. The molecule has 0 radical (unpaired) electrons. The fourth-order valence-electron chi connectivity index (χ4n) is 4.00. The fourth-order valence-corrected chi connectivity index (χ4v) is 4.00. The standard InChI is InChI=1S/C20H19FN4O.C8H18/c1-14-2-8-17(9-3-14)22-20-19(15-4-6-16(21)7-5-15)23-18-12-24(13-26)10-11-25(18)20;1-3-5-7-8-6-4-2/h2-9,13,22H,10-12H2,1H3;3-8H2,1-2H3. The van der Waals surface area contributed by atoms with Crippen LogP contribution in [-0.2, 0) is 17.9 Å². The fraction of sp³-hybridized carbons (Fsp3) is 0.429. The van der Waals surface area contributed by atoms with Crippen molar-refractivity contribution in [2.24, 2.45) is 0 Å². The molecule has 0 bridgehead atoms.